The fraction of sp³-hybridized carbons (Fsp3) is 0.741. The van der Waals surface area contributed by atoms with Gasteiger partial charge >= 0.3 is 5.97 Å². The highest BCUT2D eigenvalue weighted by Crippen LogP contribution is 2.72. The van der Waals surface area contributed by atoms with E-state index < -0.39 is 33.4 Å². The molecule has 1 N–H and O–H groups in total. The Morgan fingerprint density at radius 2 is 1.94 bits per heavy atom. The standard InChI is InChI=1S/C27H42N2O5S/c1-8-10-11-15-34-25(33)21-20-23(31)29(19(16-30)17(3)4)22(24(32)28(14-9-2)18(5)6)27(20)13-12-26(21,7)35-27/h8-9,17-22,30H,1-2,10-16H2,3-7H3/t19-,20-,21+,22?,26-,27?/m0/s1. The lowest BCUT2D eigenvalue weighted by Gasteiger charge is -2.41. The van der Waals surface area contributed by atoms with Crippen molar-refractivity contribution in [2.45, 2.75) is 87.9 Å². The number of carbonyl (C=O) groups is 3. The maximum atomic E-state index is 14.2. The minimum Gasteiger partial charge on any atom is -0.465 e. The van der Waals surface area contributed by atoms with E-state index in [9.17, 15) is 19.5 Å². The Hall–Kier alpha value is -1.80. The Balaban J connectivity index is 2.07. The minimum atomic E-state index is -0.743. The summed E-state index contributed by atoms with van der Waals surface area (Å²) in [5.41, 5.74) is 0. The maximum absolute atomic E-state index is 14.2. The summed E-state index contributed by atoms with van der Waals surface area (Å²) in [4.78, 5) is 45.1. The molecule has 0 aromatic carbocycles. The molecule has 0 saturated carbocycles. The highest BCUT2D eigenvalue weighted by Gasteiger charge is 2.78. The van der Waals surface area contributed by atoms with Crippen molar-refractivity contribution >= 4 is 29.5 Å². The van der Waals surface area contributed by atoms with E-state index >= 15 is 0 Å². The average molecular weight is 507 g/mol. The first-order valence-electron chi connectivity index (χ1n) is 12.8. The van der Waals surface area contributed by atoms with Gasteiger partial charge in [-0.2, -0.15) is 0 Å². The zero-order valence-electron chi connectivity index (χ0n) is 21.9. The van der Waals surface area contributed by atoms with Gasteiger partial charge in [-0.3, -0.25) is 14.4 Å². The van der Waals surface area contributed by atoms with E-state index in [-0.39, 0.29) is 43.0 Å². The summed E-state index contributed by atoms with van der Waals surface area (Å²) < 4.78 is 4.48. The van der Waals surface area contributed by atoms with Crippen LogP contribution in [0.25, 0.3) is 0 Å². The molecule has 8 heteroatoms. The number of thioether (sulfide) groups is 1. The first-order chi connectivity index (χ1) is 16.5. The summed E-state index contributed by atoms with van der Waals surface area (Å²) >= 11 is 1.63. The number of carbonyl (C=O) groups excluding carboxylic acids is 3. The van der Waals surface area contributed by atoms with Crippen LogP contribution in [0.2, 0.25) is 0 Å². The molecule has 196 valence electrons. The van der Waals surface area contributed by atoms with E-state index in [1.807, 2.05) is 34.6 Å². The number of aliphatic hydroxyl groups excluding tert-OH is 1. The van der Waals surface area contributed by atoms with Crippen molar-refractivity contribution in [2.24, 2.45) is 17.8 Å². The van der Waals surface area contributed by atoms with E-state index in [1.165, 1.54) is 0 Å². The molecule has 2 bridgehead atoms. The van der Waals surface area contributed by atoms with Gasteiger partial charge in [0.25, 0.3) is 0 Å². The summed E-state index contributed by atoms with van der Waals surface area (Å²) in [5, 5.41) is 10.3. The number of fused-ring (bicyclic) bond motifs is 1. The van der Waals surface area contributed by atoms with Crippen LogP contribution >= 0.6 is 11.8 Å². The van der Waals surface area contributed by atoms with Crippen molar-refractivity contribution in [3.05, 3.63) is 25.3 Å². The molecule has 3 fully saturated rings. The zero-order valence-corrected chi connectivity index (χ0v) is 22.7. The highest BCUT2D eigenvalue weighted by molar-refractivity contribution is 8.02. The maximum Gasteiger partial charge on any atom is 0.311 e. The van der Waals surface area contributed by atoms with Crippen LogP contribution in [0.5, 0.6) is 0 Å². The van der Waals surface area contributed by atoms with Crippen molar-refractivity contribution in [2.75, 3.05) is 19.8 Å². The second kappa shape index (κ2) is 10.7. The number of hydrogen-bond acceptors (Lipinski definition) is 6. The van der Waals surface area contributed by atoms with Crippen molar-refractivity contribution in [3.63, 3.8) is 0 Å². The number of esters is 1. The number of ether oxygens (including phenoxy) is 1. The smallest absolute Gasteiger partial charge is 0.311 e. The largest absolute Gasteiger partial charge is 0.465 e. The quantitative estimate of drug-likeness (QED) is 0.248. The topological polar surface area (TPSA) is 87.1 Å². The lowest BCUT2D eigenvalue weighted by atomic mass is 9.66. The molecular weight excluding hydrogens is 464 g/mol. The molecule has 3 saturated heterocycles. The number of hydrogen-bond donors (Lipinski definition) is 1. The van der Waals surface area contributed by atoms with Crippen molar-refractivity contribution < 1.29 is 24.2 Å². The van der Waals surface area contributed by atoms with Gasteiger partial charge in [0.05, 0.1) is 35.8 Å². The third-order valence-corrected chi connectivity index (χ3v) is 10.0. The summed E-state index contributed by atoms with van der Waals surface area (Å²) in [7, 11) is 0. The van der Waals surface area contributed by atoms with Crippen LogP contribution in [0, 0.1) is 17.8 Å². The van der Waals surface area contributed by atoms with Crippen molar-refractivity contribution in [1.29, 1.82) is 0 Å². The van der Waals surface area contributed by atoms with E-state index in [0.29, 0.717) is 19.4 Å². The molecule has 0 aromatic heterocycles. The predicted molar refractivity (Wildman–Crippen MR) is 139 cm³/mol. The van der Waals surface area contributed by atoms with Crippen LogP contribution in [0.4, 0.5) is 0 Å². The summed E-state index contributed by atoms with van der Waals surface area (Å²) in [6.45, 7) is 17.8. The van der Waals surface area contributed by atoms with Gasteiger partial charge in [-0.15, -0.1) is 24.9 Å². The highest BCUT2D eigenvalue weighted by atomic mass is 32.2. The molecule has 35 heavy (non-hydrogen) atoms. The van der Waals surface area contributed by atoms with Crippen LogP contribution in [-0.4, -0.2) is 80.1 Å². The van der Waals surface area contributed by atoms with Gasteiger partial charge in [0, 0.05) is 17.3 Å². The molecule has 7 nitrogen and oxygen atoms in total. The van der Waals surface area contributed by atoms with Crippen LogP contribution in [0.3, 0.4) is 0 Å². The predicted octanol–water partition coefficient (Wildman–Crippen LogP) is 3.42. The van der Waals surface area contributed by atoms with Gasteiger partial charge in [-0.05, 0) is 52.4 Å². The Bertz CT molecular complexity index is 861. The summed E-state index contributed by atoms with van der Waals surface area (Å²) in [6, 6.07) is -1.33. The lowest BCUT2D eigenvalue weighted by molar-refractivity contribution is -0.156. The Morgan fingerprint density at radius 1 is 1.26 bits per heavy atom. The fourth-order valence-corrected chi connectivity index (χ4v) is 8.65. The number of rotatable bonds is 12. The van der Waals surface area contributed by atoms with Gasteiger partial charge in [0.15, 0.2) is 0 Å². The third kappa shape index (κ3) is 4.57. The third-order valence-electron chi connectivity index (χ3n) is 8.05. The zero-order chi connectivity index (χ0) is 26.1. The second-order valence-corrected chi connectivity index (χ2v) is 12.8. The van der Waals surface area contributed by atoms with Gasteiger partial charge in [0.1, 0.15) is 6.04 Å². The molecule has 3 aliphatic heterocycles. The van der Waals surface area contributed by atoms with E-state index in [2.05, 4.69) is 13.2 Å². The first-order valence-corrected chi connectivity index (χ1v) is 13.6. The number of nitrogens with zero attached hydrogens (tertiary/aromatic N) is 2. The molecular formula is C27H42N2O5S. The first kappa shape index (κ1) is 27.8. The van der Waals surface area contributed by atoms with Crippen LogP contribution < -0.4 is 0 Å². The van der Waals surface area contributed by atoms with Gasteiger partial charge in [-0.25, -0.2) is 0 Å². The van der Waals surface area contributed by atoms with Crippen molar-refractivity contribution in [1.82, 2.24) is 9.80 Å². The van der Waals surface area contributed by atoms with Crippen LogP contribution in [-0.2, 0) is 19.1 Å². The van der Waals surface area contributed by atoms with E-state index in [4.69, 9.17) is 4.74 Å². The number of unbranched alkanes of at least 4 members (excludes halogenated alkanes) is 1. The molecule has 1 spiro atoms. The lowest BCUT2D eigenvalue weighted by Crippen LogP contribution is -2.59. The number of allylic oxidation sites excluding steroid dienone is 1. The van der Waals surface area contributed by atoms with Gasteiger partial charge < -0.3 is 19.6 Å². The Morgan fingerprint density at radius 3 is 2.49 bits per heavy atom. The monoisotopic (exact) mass is 506 g/mol. The molecule has 3 aliphatic rings. The Labute approximate surface area is 214 Å². The summed E-state index contributed by atoms with van der Waals surface area (Å²) in [5.74, 6) is -2.00. The molecule has 0 radical (unpaired) electrons. The van der Waals surface area contributed by atoms with Crippen LogP contribution in [0.15, 0.2) is 25.3 Å². The molecule has 2 amide bonds. The molecule has 6 atom stereocenters. The Kier molecular flexibility index (Phi) is 8.47. The molecule has 2 unspecified atom stereocenters. The normalized spacial score (nSPS) is 32.2. The molecule has 3 heterocycles. The minimum absolute atomic E-state index is 0.0523. The van der Waals surface area contributed by atoms with Crippen molar-refractivity contribution in [3.8, 4) is 0 Å². The van der Waals surface area contributed by atoms with Crippen LogP contribution in [0.1, 0.15) is 60.3 Å². The number of amides is 2. The molecule has 0 aliphatic carbocycles. The van der Waals surface area contributed by atoms with E-state index in [0.717, 1.165) is 12.8 Å². The SMILES string of the molecule is C=CCCCOC(=O)[C@H]1[C@H]2C(=O)N([C@@H](CO)C(C)C)C(C(=O)N(CC=C)C(C)C)C23CC[C@]1(C)S3. The van der Waals surface area contributed by atoms with Gasteiger partial charge in [0.2, 0.25) is 11.8 Å². The number of likely N-dealkylation sites (tertiary alicyclic amines) is 1. The average Bonchev–Trinajstić information content (AvgIpc) is 3.36. The number of aliphatic hydroxyl groups is 1. The van der Waals surface area contributed by atoms with E-state index in [1.54, 1.807) is 33.7 Å². The molecule has 3 rings (SSSR count). The molecule has 0 aromatic rings. The second-order valence-electron chi connectivity index (χ2n) is 10.9. The fourth-order valence-electron chi connectivity index (χ4n) is 6.32. The summed E-state index contributed by atoms with van der Waals surface area (Å²) in [6.07, 6.45) is 6.34. The van der Waals surface area contributed by atoms with Gasteiger partial charge in [-0.1, -0.05) is 26.0 Å².